The number of nitrogens with one attached hydrogen (secondary N) is 1. The largest absolute Gasteiger partial charge is 0.359 e. The first-order chi connectivity index (χ1) is 8.65. The van der Waals surface area contributed by atoms with E-state index in [1.54, 1.807) is 7.05 Å². The van der Waals surface area contributed by atoms with Crippen LogP contribution in [0.4, 0.5) is 0 Å². The maximum atomic E-state index is 11.1. The van der Waals surface area contributed by atoms with Crippen LogP contribution in [0.5, 0.6) is 0 Å². The molecule has 0 aliphatic carbocycles. The summed E-state index contributed by atoms with van der Waals surface area (Å²) in [4.78, 5) is 13.3. The maximum Gasteiger partial charge on any atom is 0.219 e. The van der Waals surface area contributed by atoms with Crippen LogP contribution in [0.2, 0.25) is 0 Å². The van der Waals surface area contributed by atoms with Crippen molar-refractivity contribution in [2.45, 2.75) is 25.9 Å². The summed E-state index contributed by atoms with van der Waals surface area (Å²) in [5.74, 6) is 0.107. The molecule has 0 saturated carbocycles. The molecule has 0 aliphatic rings. The maximum absolute atomic E-state index is 11.1. The molecule has 0 spiro atoms. The minimum absolute atomic E-state index is 0.107. The quantitative estimate of drug-likeness (QED) is 0.761. The van der Waals surface area contributed by atoms with Crippen LogP contribution in [0.25, 0.3) is 0 Å². The van der Waals surface area contributed by atoms with E-state index in [-0.39, 0.29) is 5.91 Å². The number of hydrogen-bond donors (Lipinski definition) is 2. The molecule has 0 atom stereocenters. The number of benzene rings is 1. The molecule has 0 fully saturated rings. The highest BCUT2D eigenvalue weighted by Crippen LogP contribution is 2.07. The van der Waals surface area contributed by atoms with E-state index in [4.69, 9.17) is 5.73 Å². The number of nitrogens with two attached hydrogens (primary N) is 1. The second-order valence-electron chi connectivity index (χ2n) is 4.54. The topological polar surface area (TPSA) is 58.4 Å². The zero-order chi connectivity index (χ0) is 13.4. The fourth-order valence-electron chi connectivity index (χ4n) is 1.81. The van der Waals surface area contributed by atoms with Crippen LogP contribution in [0.15, 0.2) is 24.3 Å². The lowest BCUT2D eigenvalue weighted by atomic mass is 10.1. The van der Waals surface area contributed by atoms with Gasteiger partial charge in [-0.15, -0.1) is 0 Å². The van der Waals surface area contributed by atoms with Gasteiger partial charge in [-0.1, -0.05) is 24.3 Å². The molecule has 1 amide bonds. The molecule has 18 heavy (non-hydrogen) atoms. The van der Waals surface area contributed by atoms with E-state index in [1.165, 1.54) is 5.56 Å². The van der Waals surface area contributed by atoms with E-state index in [0.29, 0.717) is 13.0 Å². The summed E-state index contributed by atoms with van der Waals surface area (Å²) >= 11 is 0. The zero-order valence-electron chi connectivity index (χ0n) is 11.3. The van der Waals surface area contributed by atoms with Crippen molar-refractivity contribution in [3.05, 3.63) is 35.4 Å². The molecule has 0 radical (unpaired) electrons. The first-order valence-corrected chi connectivity index (χ1v) is 6.32. The monoisotopic (exact) mass is 249 g/mol. The summed E-state index contributed by atoms with van der Waals surface area (Å²) in [6, 6.07) is 8.34. The molecule has 1 rings (SSSR count). The average molecular weight is 249 g/mol. The van der Waals surface area contributed by atoms with E-state index in [9.17, 15) is 4.79 Å². The molecule has 0 heterocycles. The molecule has 0 aliphatic heterocycles. The van der Waals surface area contributed by atoms with E-state index in [1.807, 2.05) is 0 Å². The van der Waals surface area contributed by atoms with Crippen LogP contribution in [0.1, 0.15) is 24.0 Å². The highest BCUT2D eigenvalue weighted by Gasteiger charge is 2.02. The normalized spacial score (nSPS) is 10.7. The predicted octanol–water partition coefficient (Wildman–Crippen LogP) is 1.10. The lowest BCUT2D eigenvalue weighted by Crippen LogP contribution is -2.22. The van der Waals surface area contributed by atoms with E-state index < -0.39 is 0 Å². The average Bonchev–Trinajstić information content (AvgIpc) is 2.39. The lowest BCUT2D eigenvalue weighted by molar-refractivity contribution is -0.120. The van der Waals surface area contributed by atoms with Gasteiger partial charge in [0, 0.05) is 26.6 Å². The van der Waals surface area contributed by atoms with E-state index >= 15 is 0 Å². The minimum atomic E-state index is 0.107. The number of nitrogens with zero attached hydrogens (tertiary/aromatic N) is 1. The van der Waals surface area contributed by atoms with E-state index in [2.05, 4.69) is 41.5 Å². The molecular weight excluding hydrogens is 226 g/mol. The zero-order valence-corrected chi connectivity index (χ0v) is 11.3. The highest BCUT2D eigenvalue weighted by atomic mass is 16.1. The molecule has 1 aromatic rings. The van der Waals surface area contributed by atoms with Gasteiger partial charge in [-0.3, -0.25) is 4.79 Å². The third-order valence-corrected chi connectivity index (χ3v) is 2.93. The summed E-state index contributed by atoms with van der Waals surface area (Å²) < 4.78 is 0. The number of carbonyl (C=O) groups excluding carboxylic acids is 1. The second-order valence-corrected chi connectivity index (χ2v) is 4.54. The standard InChI is InChI=1S/C14H23N3O/c1-16-14(18)4-3-9-17(2)11-13-7-5-12(10-15)6-8-13/h5-8H,3-4,9-11,15H2,1-2H3,(H,16,18). The van der Waals surface area contributed by atoms with Gasteiger partial charge in [0.25, 0.3) is 0 Å². The summed E-state index contributed by atoms with van der Waals surface area (Å²) in [5, 5.41) is 2.63. The van der Waals surface area contributed by atoms with Gasteiger partial charge in [0.1, 0.15) is 0 Å². The Kier molecular flexibility index (Phi) is 6.39. The highest BCUT2D eigenvalue weighted by molar-refractivity contribution is 5.75. The van der Waals surface area contributed by atoms with Crippen molar-refractivity contribution in [3.8, 4) is 0 Å². The first kappa shape index (κ1) is 14.7. The smallest absolute Gasteiger partial charge is 0.219 e. The lowest BCUT2D eigenvalue weighted by Gasteiger charge is -2.16. The Morgan fingerprint density at radius 2 is 1.89 bits per heavy atom. The number of amides is 1. The van der Waals surface area contributed by atoms with Crippen LogP contribution in [0, 0.1) is 0 Å². The Bertz CT molecular complexity index is 362. The van der Waals surface area contributed by atoms with Gasteiger partial charge in [-0.2, -0.15) is 0 Å². The van der Waals surface area contributed by atoms with Crippen LogP contribution in [-0.4, -0.2) is 31.4 Å². The van der Waals surface area contributed by atoms with Gasteiger partial charge in [-0.25, -0.2) is 0 Å². The molecule has 1 aromatic carbocycles. The fraction of sp³-hybridized carbons (Fsp3) is 0.500. The van der Waals surface area contributed by atoms with Crippen LogP contribution >= 0.6 is 0 Å². The summed E-state index contributed by atoms with van der Waals surface area (Å²) in [5.41, 5.74) is 7.99. The minimum Gasteiger partial charge on any atom is -0.359 e. The number of rotatable bonds is 7. The third kappa shape index (κ3) is 5.29. The summed E-state index contributed by atoms with van der Waals surface area (Å²) in [6.07, 6.45) is 1.48. The van der Waals surface area contributed by atoms with Crippen molar-refractivity contribution in [3.63, 3.8) is 0 Å². The molecular formula is C14H23N3O. The Balaban J connectivity index is 2.30. The van der Waals surface area contributed by atoms with Crippen LogP contribution < -0.4 is 11.1 Å². The molecule has 4 nitrogen and oxygen atoms in total. The predicted molar refractivity (Wildman–Crippen MR) is 74.0 cm³/mol. The van der Waals surface area contributed by atoms with E-state index in [0.717, 1.165) is 25.1 Å². The Morgan fingerprint density at radius 1 is 1.28 bits per heavy atom. The Labute approximate surface area is 109 Å². The second kappa shape index (κ2) is 7.84. The summed E-state index contributed by atoms with van der Waals surface area (Å²) in [6.45, 7) is 2.41. The van der Waals surface area contributed by atoms with Crippen molar-refractivity contribution >= 4 is 5.91 Å². The van der Waals surface area contributed by atoms with Crippen molar-refractivity contribution in [2.75, 3.05) is 20.6 Å². The Morgan fingerprint density at radius 3 is 2.44 bits per heavy atom. The van der Waals surface area contributed by atoms with Gasteiger partial charge < -0.3 is 16.0 Å². The molecule has 0 saturated heterocycles. The van der Waals surface area contributed by atoms with Gasteiger partial charge >= 0.3 is 0 Å². The van der Waals surface area contributed by atoms with Crippen LogP contribution in [0.3, 0.4) is 0 Å². The first-order valence-electron chi connectivity index (χ1n) is 6.32. The van der Waals surface area contributed by atoms with Crippen molar-refractivity contribution < 1.29 is 4.79 Å². The van der Waals surface area contributed by atoms with Crippen molar-refractivity contribution in [2.24, 2.45) is 5.73 Å². The molecule has 100 valence electrons. The Hall–Kier alpha value is -1.39. The van der Waals surface area contributed by atoms with Gasteiger partial charge in [-0.05, 0) is 31.1 Å². The van der Waals surface area contributed by atoms with Gasteiger partial charge in [0.05, 0.1) is 0 Å². The molecule has 0 unspecified atom stereocenters. The van der Waals surface area contributed by atoms with Gasteiger partial charge in [0.2, 0.25) is 5.91 Å². The van der Waals surface area contributed by atoms with Crippen molar-refractivity contribution in [1.82, 2.24) is 10.2 Å². The van der Waals surface area contributed by atoms with Crippen molar-refractivity contribution in [1.29, 1.82) is 0 Å². The molecule has 0 bridgehead atoms. The SMILES string of the molecule is CNC(=O)CCCN(C)Cc1ccc(CN)cc1. The van der Waals surface area contributed by atoms with Gasteiger partial charge in [0.15, 0.2) is 0 Å². The molecule has 0 aromatic heterocycles. The molecule has 3 N–H and O–H groups in total. The number of hydrogen-bond acceptors (Lipinski definition) is 3. The summed E-state index contributed by atoms with van der Waals surface area (Å²) in [7, 11) is 3.74. The fourth-order valence-corrected chi connectivity index (χ4v) is 1.81. The molecule has 4 heteroatoms. The number of carbonyl (C=O) groups is 1. The van der Waals surface area contributed by atoms with Crippen LogP contribution in [-0.2, 0) is 17.9 Å². The third-order valence-electron chi connectivity index (χ3n) is 2.93.